The van der Waals surface area contributed by atoms with Crippen molar-refractivity contribution in [1.29, 1.82) is 0 Å². The summed E-state index contributed by atoms with van der Waals surface area (Å²) in [5.74, 6) is -0.779. The van der Waals surface area contributed by atoms with E-state index < -0.39 is 35.8 Å². The van der Waals surface area contributed by atoms with Crippen LogP contribution >= 0.6 is 0 Å². The maximum atomic E-state index is 13.5. The summed E-state index contributed by atoms with van der Waals surface area (Å²) in [6.45, 7) is 0. The third kappa shape index (κ3) is 4.54. The standard InChI is InChI=1S/C25H19F6N7O2/c1-39-22-16(10-33-23(35-22)40-2)17-8-15(21-32-5-6-38(21)36-17)14-7-13(14)12-3-4-18-20(25(29,30)31)34-19(37(18)11-12)9-24(26,27)28/h3-6,8,10-11,13-14H,7,9H2,1-2H3/t13-,14+/m1/s1. The highest BCUT2D eigenvalue weighted by atomic mass is 19.4. The van der Waals surface area contributed by atoms with E-state index in [9.17, 15) is 26.3 Å². The molecule has 208 valence electrons. The molecule has 0 aliphatic heterocycles. The lowest BCUT2D eigenvalue weighted by atomic mass is 10.0. The number of rotatable bonds is 6. The van der Waals surface area contributed by atoms with Crippen molar-refractivity contribution in [2.24, 2.45) is 0 Å². The van der Waals surface area contributed by atoms with E-state index in [1.807, 2.05) is 6.07 Å². The minimum Gasteiger partial charge on any atom is -0.480 e. The highest BCUT2D eigenvalue weighted by molar-refractivity contribution is 5.68. The van der Waals surface area contributed by atoms with Crippen LogP contribution in [0, 0.1) is 0 Å². The van der Waals surface area contributed by atoms with Gasteiger partial charge in [0, 0.05) is 30.4 Å². The average molecular weight is 563 g/mol. The summed E-state index contributed by atoms with van der Waals surface area (Å²) in [6, 6.07) is 4.59. The van der Waals surface area contributed by atoms with Crippen molar-refractivity contribution in [3.8, 4) is 23.1 Å². The highest BCUT2D eigenvalue weighted by Crippen LogP contribution is 2.56. The van der Waals surface area contributed by atoms with Crippen molar-refractivity contribution >= 4 is 11.2 Å². The van der Waals surface area contributed by atoms with E-state index in [4.69, 9.17) is 9.47 Å². The van der Waals surface area contributed by atoms with Crippen molar-refractivity contribution in [2.45, 2.75) is 37.0 Å². The average Bonchev–Trinajstić information content (AvgIpc) is 3.41. The molecule has 0 saturated heterocycles. The molecule has 0 N–H and O–H groups in total. The normalized spacial score (nSPS) is 17.5. The van der Waals surface area contributed by atoms with Gasteiger partial charge in [-0.25, -0.2) is 19.5 Å². The molecule has 1 aliphatic rings. The number of aromatic nitrogens is 7. The molecule has 40 heavy (non-hydrogen) atoms. The Labute approximate surface area is 221 Å². The van der Waals surface area contributed by atoms with Gasteiger partial charge in [-0.3, -0.25) is 0 Å². The molecule has 5 heterocycles. The summed E-state index contributed by atoms with van der Waals surface area (Å²) in [4.78, 5) is 16.1. The topological polar surface area (TPSA) is 91.7 Å². The third-order valence-corrected chi connectivity index (χ3v) is 6.75. The molecular formula is C25H19F6N7O2. The van der Waals surface area contributed by atoms with Crippen LogP contribution in [-0.2, 0) is 12.6 Å². The summed E-state index contributed by atoms with van der Waals surface area (Å²) in [7, 11) is 2.87. The lowest BCUT2D eigenvalue weighted by Gasteiger charge is -2.11. The number of nitrogens with zero attached hydrogens (tertiary/aromatic N) is 7. The van der Waals surface area contributed by atoms with Crippen LogP contribution in [0.4, 0.5) is 26.3 Å². The van der Waals surface area contributed by atoms with Gasteiger partial charge < -0.3 is 13.9 Å². The van der Waals surface area contributed by atoms with Gasteiger partial charge in [-0.2, -0.15) is 36.4 Å². The smallest absolute Gasteiger partial charge is 0.435 e. The van der Waals surface area contributed by atoms with Crippen molar-refractivity contribution in [3.63, 3.8) is 0 Å². The lowest BCUT2D eigenvalue weighted by Crippen LogP contribution is -2.14. The minimum atomic E-state index is -4.90. The van der Waals surface area contributed by atoms with Crippen LogP contribution in [0.5, 0.6) is 11.9 Å². The van der Waals surface area contributed by atoms with Gasteiger partial charge in [0.2, 0.25) is 5.88 Å². The predicted molar refractivity (Wildman–Crippen MR) is 127 cm³/mol. The van der Waals surface area contributed by atoms with Gasteiger partial charge in [-0.05, 0) is 36.0 Å². The van der Waals surface area contributed by atoms with E-state index in [-0.39, 0.29) is 23.7 Å². The van der Waals surface area contributed by atoms with E-state index >= 15 is 0 Å². The summed E-state index contributed by atoms with van der Waals surface area (Å²) in [5, 5.41) is 4.58. The second-order valence-corrected chi connectivity index (χ2v) is 9.29. The second-order valence-electron chi connectivity index (χ2n) is 9.29. The number of pyridine rings is 1. The maximum absolute atomic E-state index is 13.5. The molecule has 9 nitrogen and oxygen atoms in total. The summed E-state index contributed by atoms with van der Waals surface area (Å²) >= 11 is 0. The Morgan fingerprint density at radius 3 is 2.50 bits per heavy atom. The molecule has 5 aromatic rings. The van der Waals surface area contributed by atoms with Crippen molar-refractivity contribution in [2.75, 3.05) is 14.2 Å². The molecule has 0 radical (unpaired) electrons. The molecule has 6 rings (SSSR count). The molecular weight excluding hydrogens is 544 g/mol. The first kappa shape index (κ1) is 25.8. The van der Waals surface area contributed by atoms with Crippen LogP contribution in [-0.4, -0.2) is 54.3 Å². The summed E-state index contributed by atoms with van der Waals surface area (Å²) in [5.41, 5.74) is 1.16. The molecule has 0 amide bonds. The van der Waals surface area contributed by atoms with Crippen LogP contribution in [0.1, 0.15) is 40.9 Å². The Hall–Kier alpha value is -4.43. The predicted octanol–water partition coefficient (Wildman–Crippen LogP) is 5.25. The van der Waals surface area contributed by atoms with Crippen molar-refractivity contribution in [3.05, 3.63) is 65.6 Å². The zero-order chi connectivity index (χ0) is 28.4. The Morgan fingerprint density at radius 1 is 1.00 bits per heavy atom. The van der Waals surface area contributed by atoms with E-state index in [1.165, 1.54) is 38.7 Å². The van der Waals surface area contributed by atoms with Crippen molar-refractivity contribution < 1.29 is 35.8 Å². The number of hydrogen-bond donors (Lipinski definition) is 0. The first-order chi connectivity index (χ1) is 19.0. The third-order valence-electron chi connectivity index (χ3n) is 6.75. The molecule has 1 aliphatic carbocycles. The Kier molecular flexibility index (Phi) is 5.85. The first-order valence-electron chi connectivity index (χ1n) is 11.9. The number of hydrogen-bond acceptors (Lipinski definition) is 7. The number of ether oxygens (including phenoxy) is 2. The number of alkyl halides is 6. The van der Waals surface area contributed by atoms with E-state index in [0.29, 0.717) is 28.9 Å². The number of halogens is 6. The van der Waals surface area contributed by atoms with Crippen LogP contribution in [0.15, 0.2) is 43.0 Å². The van der Waals surface area contributed by atoms with E-state index in [1.54, 1.807) is 16.9 Å². The number of methoxy groups -OCH3 is 2. The van der Waals surface area contributed by atoms with E-state index in [0.717, 1.165) is 9.96 Å². The monoisotopic (exact) mass is 563 g/mol. The lowest BCUT2D eigenvalue weighted by molar-refractivity contribution is -0.141. The Bertz CT molecular complexity index is 1740. The van der Waals surface area contributed by atoms with Crippen LogP contribution in [0.25, 0.3) is 22.4 Å². The summed E-state index contributed by atoms with van der Waals surface area (Å²) < 4.78 is 92.9. The number of imidazole rings is 2. The second kappa shape index (κ2) is 9.06. The molecule has 1 fully saturated rings. The van der Waals surface area contributed by atoms with Gasteiger partial charge in [0.1, 0.15) is 12.2 Å². The van der Waals surface area contributed by atoms with E-state index in [2.05, 4.69) is 25.0 Å². The van der Waals surface area contributed by atoms with Crippen molar-refractivity contribution in [1.82, 2.24) is 34.0 Å². The highest BCUT2D eigenvalue weighted by Gasteiger charge is 2.43. The van der Waals surface area contributed by atoms with Gasteiger partial charge in [0.05, 0.1) is 31.0 Å². The molecule has 0 unspecified atom stereocenters. The summed E-state index contributed by atoms with van der Waals surface area (Å²) in [6.07, 6.45) is -4.55. The Balaban J connectivity index is 1.40. The van der Waals surface area contributed by atoms with Crippen LogP contribution in [0.2, 0.25) is 0 Å². The van der Waals surface area contributed by atoms with Gasteiger partial charge in [0.15, 0.2) is 11.3 Å². The van der Waals surface area contributed by atoms with Gasteiger partial charge >= 0.3 is 18.4 Å². The fraction of sp³-hybridized carbons (Fsp3) is 0.320. The zero-order valence-corrected chi connectivity index (χ0v) is 20.8. The van der Waals surface area contributed by atoms with Gasteiger partial charge in [0.25, 0.3) is 0 Å². The first-order valence-corrected chi connectivity index (χ1v) is 11.9. The van der Waals surface area contributed by atoms with Gasteiger partial charge in [-0.1, -0.05) is 6.07 Å². The molecule has 0 aromatic carbocycles. The minimum absolute atomic E-state index is 0.111. The zero-order valence-electron chi connectivity index (χ0n) is 20.8. The molecule has 0 bridgehead atoms. The van der Waals surface area contributed by atoms with Crippen LogP contribution in [0.3, 0.4) is 0 Å². The number of fused-ring (bicyclic) bond motifs is 2. The Morgan fingerprint density at radius 2 is 1.80 bits per heavy atom. The molecule has 5 aromatic heterocycles. The maximum Gasteiger partial charge on any atom is 0.435 e. The fourth-order valence-corrected chi connectivity index (χ4v) is 4.93. The molecule has 2 atom stereocenters. The molecule has 15 heteroatoms. The molecule has 0 spiro atoms. The SMILES string of the molecule is COc1ncc(-c2cc([C@H]3C[C@@H]3c3ccc4c(C(F)(F)F)nc(CC(F)(F)F)n4c3)c3nccn3n2)c(OC)n1. The molecule has 1 saturated carbocycles. The fourth-order valence-electron chi connectivity index (χ4n) is 4.93. The van der Waals surface area contributed by atoms with Crippen LogP contribution < -0.4 is 9.47 Å². The largest absolute Gasteiger partial charge is 0.480 e. The quantitative estimate of drug-likeness (QED) is 0.261. The van der Waals surface area contributed by atoms with Gasteiger partial charge in [-0.15, -0.1) is 0 Å².